The number of hydrogen-bond donors (Lipinski definition) is 0. The molecule has 15 rings (SSSR count). The molecule has 0 unspecified atom stereocenters. The maximum Gasteiger partial charge on any atom is 0.156 e. The summed E-state index contributed by atoms with van der Waals surface area (Å²) in [5.41, 5.74) is 16.3. The number of nitrogens with zero attached hydrogens (tertiary/aromatic N) is 1. The quantitative estimate of drug-likeness (QED) is 0.177. The van der Waals surface area contributed by atoms with Gasteiger partial charge in [-0.15, -0.1) is 0 Å². The van der Waals surface area contributed by atoms with Gasteiger partial charge in [0, 0.05) is 39.4 Å². The standard InChI is InChI=1S/C62H36FNO3/c63-37-31-33-43-58(35-37)66-57-30-14-26-52(59(43)57)64(38-32-34-56-51(36-38)62(48-23-9-11-28-54(48)65-56)46-21-7-3-17-41(46)42-18-4-8-22-47(42)62)53-27-13-25-50-60(53)67-55-29-12-10-24-49(55)61(50)44-19-5-1-15-39(44)40-16-2-6-20-45(40)61/h1-36H. The second-order valence-electron chi connectivity index (χ2n) is 17.9. The van der Waals surface area contributed by atoms with Gasteiger partial charge in [0.25, 0.3) is 0 Å². The fraction of sp³-hybridized carbons (Fsp3) is 0.0323. The minimum absolute atomic E-state index is 0.353. The highest BCUT2D eigenvalue weighted by Gasteiger charge is 2.53. The summed E-state index contributed by atoms with van der Waals surface area (Å²) in [4.78, 5) is 2.31. The summed E-state index contributed by atoms with van der Waals surface area (Å²) < 4.78 is 35.7. The van der Waals surface area contributed by atoms with Crippen LogP contribution in [0.15, 0.2) is 223 Å². The molecule has 4 aliphatic rings. The Bertz CT molecular complexity index is 3850. The lowest BCUT2D eigenvalue weighted by Crippen LogP contribution is -2.33. The number of anilines is 3. The molecule has 0 saturated heterocycles. The smallest absolute Gasteiger partial charge is 0.156 e. The number of fused-ring (bicyclic) bond motifs is 21. The third-order valence-electron chi connectivity index (χ3n) is 14.9. The van der Waals surface area contributed by atoms with Crippen LogP contribution in [-0.2, 0) is 10.8 Å². The van der Waals surface area contributed by atoms with Gasteiger partial charge in [0.05, 0.1) is 27.6 Å². The molecule has 2 spiro atoms. The van der Waals surface area contributed by atoms with Gasteiger partial charge < -0.3 is 18.8 Å². The largest absolute Gasteiger partial charge is 0.457 e. The van der Waals surface area contributed by atoms with E-state index in [0.717, 1.165) is 73.1 Å². The van der Waals surface area contributed by atoms with E-state index in [2.05, 4.69) is 187 Å². The zero-order valence-electron chi connectivity index (χ0n) is 35.8. The highest BCUT2D eigenvalue weighted by Crippen LogP contribution is 2.66. The van der Waals surface area contributed by atoms with Crippen LogP contribution in [0.4, 0.5) is 21.5 Å². The van der Waals surface area contributed by atoms with E-state index in [4.69, 9.17) is 13.9 Å². The van der Waals surface area contributed by atoms with Crippen LogP contribution >= 0.6 is 0 Å². The van der Waals surface area contributed by atoms with Crippen molar-refractivity contribution in [1.29, 1.82) is 0 Å². The van der Waals surface area contributed by atoms with Crippen LogP contribution in [0.2, 0.25) is 0 Å². The normalized spacial score (nSPS) is 14.5. The monoisotopic (exact) mass is 861 g/mol. The predicted molar refractivity (Wildman–Crippen MR) is 263 cm³/mol. The molecule has 1 aromatic heterocycles. The van der Waals surface area contributed by atoms with Crippen LogP contribution < -0.4 is 14.4 Å². The summed E-state index contributed by atoms with van der Waals surface area (Å²) in [5, 5.41) is 1.68. The number of furan rings is 1. The molecule has 314 valence electrons. The lowest BCUT2D eigenvalue weighted by atomic mass is 9.66. The van der Waals surface area contributed by atoms with E-state index in [-0.39, 0.29) is 5.82 Å². The molecule has 0 saturated carbocycles. The molecule has 4 nitrogen and oxygen atoms in total. The Morgan fingerprint density at radius 2 is 0.851 bits per heavy atom. The van der Waals surface area contributed by atoms with Gasteiger partial charge >= 0.3 is 0 Å². The molecule has 67 heavy (non-hydrogen) atoms. The van der Waals surface area contributed by atoms with Crippen molar-refractivity contribution in [3.05, 3.63) is 269 Å². The number of halogens is 1. The summed E-state index contributed by atoms with van der Waals surface area (Å²) >= 11 is 0. The van der Waals surface area contributed by atoms with Gasteiger partial charge in [-0.05, 0) is 105 Å². The van der Waals surface area contributed by atoms with Crippen molar-refractivity contribution in [2.24, 2.45) is 0 Å². The minimum atomic E-state index is -0.697. The van der Waals surface area contributed by atoms with Crippen molar-refractivity contribution in [2.45, 2.75) is 10.8 Å². The van der Waals surface area contributed by atoms with Crippen molar-refractivity contribution >= 4 is 39.0 Å². The first-order valence-corrected chi connectivity index (χ1v) is 22.8. The van der Waals surface area contributed by atoms with Gasteiger partial charge in [0.1, 0.15) is 34.2 Å². The number of hydrogen-bond acceptors (Lipinski definition) is 4. The van der Waals surface area contributed by atoms with Crippen LogP contribution in [0.1, 0.15) is 44.5 Å². The number of rotatable bonds is 3. The van der Waals surface area contributed by atoms with E-state index in [1.807, 2.05) is 24.3 Å². The Morgan fingerprint density at radius 1 is 0.358 bits per heavy atom. The van der Waals surface area contributed by atoms with Gasteiger partial charge in [-0.1, -0.05) is 152 Å². The lowest BCUT2D eigenvalue weighted by molar-refractivity contribution is 0.436. The maximum absolute atomic E-state index is 14.9. The molecule has 2 aliphatic heterocycles. The first-order valence-electron chi connectivity index (χ1n) is 22.8. The molecule has 0 atom stereocenters. The molecule has 0 radical (unpaired) electrons. The zero-order valence-corrected chi connectivity index (χ0v) is 35.8. The summed E-state index contributed by atoms with van der Waals surface area (Å²) in [7, 11) is 0. The van der Waals surface area contributed by atoms with Crippen molar-refractivity contribution in [3.63, 3.8) is 0 Å². The maximum atomic E-state index is 14.9. The summed E-state index contributed by atoms with van der Waals surface area (Å²) in [6.45, 7) is 0. The van der Waals surface area contributed by atoms with Crippen molar-refractivity contribution in [1.82, 2.24) is 0 Å². The number of ether oxygens (including phenoxy) is 2. The SMILES string of the molecule is Fc1ccc2c(c1)oc1cccc(N(c3ccc4c(c3)C3(c5ccccc5O4)c4ccccc4-c4ccccc43)c3cccc4c3Oc3ccccc3C43c4ccccc4-c4ccccc43)c12. The summed E-state index contributed by atoms with van der Waals surface area (Å²) in [6.07, 6.45) is 0. The lowest BCUT2D eigenvalue weighted by Gasteiger charge is -2.42. The van der Waals surface area contributed by atoms with Gasteiger partial charge in [-0.3, -0.25) is 0 Å². The molecular weight excluding hydrogens is 826 g/mol. The second kappa shape index (κ2) is 13.2. The molecule has 2 aliphatic carbocycles. The Balaban J connectivity index is 1.06. The van der Waals surface area contributed by atoms with Gasteiger partial charge in [0.2, 0.25) is 0 Å². The molecule has 0 fully saturated rings. The van der Waals surface area contributed by atoms with Crippen LogP contribution in [0.3, 0.4) is 0 Å². The summed E-state index contributed by atoms with van der Waals surface area (Å²) in [6, 6.07) is 76.2. The van der Waals surface area contributed by atoms with E-state index in [0.29, 0.717) is 11.2 Å². The molecule has 10 aromatic carbocycles. The van der Waals surface area contributed by atoms with Crippen LogP contribution in [-0.4, -0.2) is 0 Å². The van der Waals surface area contributed by atoms with E-state index in [1.165, 1.54) is 56.6 Å². The Labute approximate surface area is 385 Å². The topological polar surface area (TPSA) is 34.8 Å². The third kappa shape index (κ3) is 4.60. The number of para-hydroxylation sites is 3. The van der Waals surface area contributed by atoms with Crippen molar-refractivity contribution < 1.29 is 18.3 Å². The summed E-state index contributed by atoms with van der Waals surface area (Å²) in [5.74, 6) is 2.81. The van der Waals surface area contributed by atoms with Crippen LogP contribution in [0.5, 0.6) is 23.0 Å². The molecule has 0 N–H and O–H groups in total. The zero-order chi connectivity index (χ0) is 44.0. The molecule has 0 bridgehead atoms. The first-order chi connectivity index (χ1) is 33.1. The van der Waals surface area contributed by atoms with Crippen molar-refractivity contribution in [3.8, 4) is 45.3 Å². The van der Waals surface area contributed by atoms with Crippen LogP contribution in [0.25, 0.3) is 44.2 Å². The third-order valence-corrected chi connectivity index (χ3v) is 14.9. The second-order valence-corrected chi connectivity index (χ2v) is 17.9. The first kappa shape index (κ1) is 36.6. The van der Waals surface area contributed by atoms with E-state index < -0.39 is 10.8 Å². The average molecular weight is 862 g/mol. The fourth-order valence-electron chi connectivity index (χ4n) is 12.4. The number of benzene rings is 10. The Kier molecular flexibility index (Phi) is 7.23. The highest BCUT2D eigenvalue weighted by atomic mass is 19.1. The average Bonchev–Trinajstić information content (AvgIpc) is 4.00. The highest BCUT2D eigenvalue weighted by molar-refractivity contribution is 6.14. The predicted octanol–water partition coefficient (Wildman–Crippen LogP) is 16.1. The van der Waals surface area contributed by atoms with Gasteiger partial charge in [-0.25, -0.2) is 4.39 Å². The van der Waals surface area contributed by atoms with Crippen LogP contribution in [0, 0.1) is 5.82 Å². The molecule has 5 heteroatoms. The molecular formula is C62H36FNO3. The van der Waals surface area contributed by atoms with Gasteiger partial charge in [0.15, 0.2) is 5.75 Å². The molecule has 11 aromatic rings. The van der Waals surface area contributed by atoms with E-state index >= 15 is 0 Å². The van der Waals surface area contributed by atoms with Crippen molar-refractivity contribution in [2.75, 3.05) is 4.90 Å². The Morgan fingerprint density at radius 3 is 1.48 bits per heavy atom. The minimum Gasteiger partial charge on any atom is -0.457 e. The van der Waals surface area contributed by atoms with Gasteiger partial charge in [-0.2, -0.15) is 0 Å². The fourth-order valence-corrected chi connectivity index (χ4v) is 12.4. The van der Waals surface area contributed by atoms with E-state index in [9.17, 15) is 4.39 Å². The van der Waals surface area contributed by atoms with E-state index in [1.54, 1.807) is 0 Å². The Hall–Kier alpha value is -8.67. The molecule has 0 amide bonds. The molecule has 3 heterocycles.